The molecule has 1 heterocycles. The predicted molar refractivity (Wildman–Crippen MR) is 110 cm³/mol. The highest BCUT2D eigenvalue weighted by atomic mass is 16.5. The number of aryl methyl sites for hydroxylation is 1. The van der Waals surface area contributed by atoms with Crippen molar-refractivity contribution < 1.29 is 28.7 Å². The minimum Gasteiger partial charge on any atom is -0.454 e. The van der Waals surface area contributed by atoms with Crippen molar-refractivity contribution in [1.82, 2.24) is 4.98 Å². The van der Waals surface area contributed by atoms with Gasteiger partial charge in [0.2, 0.25) is 17.6 Å². The third-order valence-electron chi connectivity index (χ3n) is 4.21. The maximum atomic E-state index is 12.5. The molecule has 0 atom stereocenters. The lowest BCUT2D eigenvalue weighted by molar-refractivity contribution is -0.115. The summed E-state index contributed by atoms with van der Waals surface area (Å²) < 4.78 is 5.11. The molecule has 0 bridgehead atoms. The fourth-order valence-electron chi connectivity index (χ4n) is 3.14. The molecule has 1 aromatic heterocycles. The van der Waals surface area contributed by atoms with Crippen LogP contribution in [-0.4, -0.2) is 40.9 Å². The number of benzene rings is 1. The number of carbonyl (C=O) groups excluding carboxylic acids is 5. The van der Waals surface area contributed by atoms with Crippen molar-refractivity contribution in [3.8, 4) is 0 Å². The van der Waals surface area contributed by atoms with Crippen molar-refractivity contribution >= 4 is 40.7 Å². The van der Waals surface area contributed by atoms with Crippen LogP contribution >= 0.6 is 0 Å². The average molecular weight is 413 g/mol. The number of hydrogen-bond acceptors (Lipinski definition) is 6. The van der Waals surface area contributed by atoms with Gasteiger partial charge in [-0.3, -0.25) is 19.2 Å². The highest BCUT2D eigenvalue weighted by Gasteiger charge is 2.21. The maximum Gasteiger partial charge on any atom is 0.338 e. The molecule has 0 fully saturated rings. The van der Waals surface area contributed by atoms with Crippen LogP contribution in [0.15, 0.2) is 18.2 Å². The predicted octanol–water partition coefficient (Wildman–Crippen LogP) is 2.79. The van der Waals surface area contributed by atoms with Crippen LogP contribution in [0.4, 0.5) is 11.4 Å². The summed E-state index contributed by atoms with van der Waals surface area (Å²) in [6, 6.07) is 4.23. The summed E-state index contributed by atoms with van der Waals surface area (Å²) in [5, 5.41) is 5.06. The molecule has 0 saturated heterocycles. The molecule has 3 N–H and O–H groups in total. The Bertz CT molecular complexity index is 1020. The number of hydrogen-bond donors (Lipinski definition) is 3. The third kappa shape index (κ3) is 5.40. The normalized spacial score (nSPS) is 10.3. The van der Waals surface area contributed by atoms with E-state index >= 15 is 0 Å². The van der Waals surface area contributed by atoms with E-state index in [1.807, 2.05) is 0 Å². The first kappa shape index (κ1) is 22.5. The Morgan fingerprint density at radius 3 is 1.87 bits per heavy atom. The van der Waals surface area contributed by atoms with Gasteiger partial charge < -0.3 is 20.4 Å². The van der Waals surface area contributed by atoms with Crippen molar-refractivity contribution in [2.75, 3.05) is 17.2 Å². The summed E-state index contributed by atoms with van der Waals surface area (Å²) in [6.07, 6.45) is 0. The number of aromatic amines is 1. The number of aromatic nitrogens is 1. The molecule has 0 radical (unpaired) electrons. The fraction of sp³-hybridized carbons (Fsp3) is 0.286. The van der Waals surface area contributed by atoms with Gasteiger partial charge in [0.1, 0.15) is 0 Å². The quantitative estimate of drug-likeness (QED) is 0.472. The van der Waals surface area contributed by atoms with E-state index in [0.717, 1.165) is 0 Å². The molecule has 0 saturated carbocycles. The van der Waals surface area contributed by atoms with Crippen LogP contribution in [0.25, 0.3) is 0 Å². The Balaban J connectivity index is 2.20. The Morgan fingerprint density at radius 2 is 1.43 bits per heavy atom. The van der Waals surface area contributed by atoms with Gasteiger partial charge in [0.05, 0.1) is 11.3 Å². The molecule has 0 spiro atoms. The van der Waals surface area contributed by atoms with Crippen molar-refractivity contribution in [2.24, 2.45) is 0 Å². The van der Waals surface area contributed by atoms with Gasteiger partial charge in [-0.2, -0.15) is 0 Å². The fourth-order valence-corrected chi connectivity index (χ4v) is 3.14. The van der Waals surface area contributed by atoms with Gasteiger partial charge in [0.15, 0.2) is 12.4 Å². The SMILES string of the molecule is CC(=O)Nc1cc(NC(C)=O)cc(C(=O)OCC(=O)c2[nH]c(C)c(C(C)=O)c2C)c1. The number of ketones is 2. The minimum atomic E-state index is -0.810. The Morgan fingerprint density at radius 1 is 0.900 bits per heavy atom. The van der Waals surface area contributed by atoms with Crippen LogP contribution in [0.2, 0.25) is 0 Å². The second kappa shape index (κ2) is 9.17. The van der Waals surface area contributed by atoms with Crippen molar-refractivity contribution in [3.05, 3.63) is 46.3 Å². The van der Waals surface area contributed by atoms with Crippen LogP contribution in [0.5, 0.6) is 0 Å². The smallest absolute Gasteiger partial charge is 0.338 e. The molecule has 2 rings (SSSR count). The number of nitrogens with one attached hydrogen (secondary N) is 3. The van der Waals surface area contributed by atoms with E-state index < -0.39 is 18.4 Å². The summed E-state index contributed by atoms with van der Waals surface area (Å²) in [5.41, 5.74) is 2.33. The highest BCUT2D eigenvalue weighted by Crippen LogP contribution is 2.21. The van der Waals surface area contributed by atoms with Crippen molar-refractivity contribution in [1.29, 1.82) is 0 Å². The van der Waals surface area contributed by atoms with E-state index in [1.54, 1.807) is 13.8 Å². The lowest BCUT2D eigenvalue weighted by atomic mass is 10.1. The molecule has 158 valence electrons. The molecule has 0 aliphatic heterocycles. The van der Waals surface area contributed by atoms with Crippen LogP contribution in [-0.2, 0) is 14.3 Å². The van der Waals surface area contributed by atoms with Gasteiger partial charge in [0, 0.05) is 36.5 Å². The standard InChI is InChI=1S/C21H23N3O6/c1-10-19(12(3)25)11(2)22-20(10)18(28)9-30-21(29)15-6-16(23-13(4)26)8-17(7-15)24-14(5)27/h6-8,22H,9H2,1-5H3,(H,23,26)(H,24,27). The number of esters is 1. The number of ether oxygens (including phenoxy) is 1. The van der Waals surface area contributed by atoms with Gasteiger partial charge in [-0.05, 0) is 44.5 Å². The largest absolute Gasteiger partial charge is 0.454 e. The molecule has 0 aliphatic rings. The lowest BCUT2D eigenvalue weighted by Crippen LogP contribution is -2.16. The van der Waals surface area contributed by atoms with Gasteiger partial charge in [-0.1, -0.05) is 0 Å². The summed E-state index contributed by atoms with van der Waals surface area (Å²) >= 11 is 0. The van der Waals surface area contributed by atoms with Crippen molar-refractivity contribution in [2.45, 2.75) is 34.6 Å². The van der Waals surface area contributed by atoms with Crippen LogP contribution < -0.4 is 10.6 Å². The van der Waals surface area contributed by atoms with Gasteiger partial charge in [-0.25, -0.2) is 4.79 Å². The molecular weight excluding hydrogens is 390 g/mol. The highest BCUT2D eigenvalue weighted by molar-refractivity contribution is 6.05. The third-order valence-corrected chi connectivity index (χ3v) is 4.21. The molecule has 2 aromatic rings. The summed E-state index contributed by atoms with van der Waals surface area (Å²) in [4.78, 5) is 62.2. The maximum absolute atomic E-state index is 12.5. The second-order valence-corrected chi connectivity index (χ2v) is 6.84. The second-order valence-electron chi connectivity index (χ2n) is 6.84. The zero-order chi connectivity index (χ0) is 22.6. The van der Waals surface area contributed by atoms with E-state index in [-0.39, 0.29) is 40.2 Å². The van der Waals surface area contributed by atoms with E-state index in [9.17, 15) is 24.0 Å². The molecule has 2 amide bonds. The number of H-pyrrole nitrogens is 1. The molecule has 0 aliphatic carbocycles. The summed E-state index contributed by atoms with van der Waals surface area (Å²) in [7, 11) is 0. The summed E-state index contributed by atoms with van der Waals surface area (Å²) in [5.74, 6) is -2.18. The number of carbonyl (C=O) groups is 5. The van der Waals surface area contributed by atoms with E-state index in [1.165, 1.54) is 39.0 Å². The molecular formula is C21H23N3O6. The van der Waals surface area contributed by atoms with E-state index in [0.29, 0.717) is 16.8 Å². The topological polar surface area (TPSA) is 134 Å². The lowest BCUT2D eigenvalue weighted by Gasteiger charge is -2.10. The number of amides is 2. The number of anilines is 2. The molecule has 30 heavy (non-hydrogen) atoms. The first-order valence-corrected chi connectivity index (χ1v) is 9.10. The Labute approximate surface area is 173 Å². The van der Waals surface area contributed by atoms with Crippen LogP contribution in [0, 0.1) is 13.8 Å². The van der Waals surface area contributed by atoms with Crippen molar-refractivity contribution in [3.63, 3.8) is 0 Å². The molecule has 9 nitrogen and oxygen atoms in total. The molecule has 1 aromatic carbocycles. The number of rotatable bonds is 7. The molecule has 9 heteroatoms. The minimum absolute atomic E-state index is 0.0432. The summed E-state index contributed by atoms with van der Waals surface area (Å²) in [6.45, 7) is 6.80. The Kier molecular flexibility index (Phi) is 6.89. The van der Waals surface area contributed by atoms with Gasteiger partial charge in [-0.15, -0.1) is 0 Å². The Hall–Kier alpha value is -3.75. The van der Waals surface area contributed by atoms with E-state index in [2.05, 4.69) is 15.6 Å². The van der Waals surface area contributed by atoms with Crippen LogP contribution in [0.1, 0.15) is 63.2 Å². The number of Topliss-reactive ketones (excluding diaryl/α,β-unsaturated/α-hetero) is 2. The van der Waals surface area contributed by atoms with E-state index in [4.69, 9.17) is 4.74 Å². The zero-order valence-electron chi connectivity index (χ0n) is 17.4. The molecule has 0 unspecified atom stereocenters. The van der Waals surface area contributed by atoms with Gasteiger partial charge in [0.25, 0.3) is 0 Å². The first-order chi connectivity index (χ1) is 14.0. The average Bonchev–Trinajstić information content (AvgIpc) is 2.92. The zero-order valence-corrected chi connectivity index (χ0v) is 17.4. The monoisotopic (exact) mass is 413 g/mol. The van der Waals surface area contributed by atoms with Gasteiger partial charge >= 0.3 is 5.97 Å². The van der Waals surface area contributed by atoms with Crippen LogP contribution in [0.3, 0.4) is 0 Å². The first-order valence-electron chi connectivity index (χ1n) is 9.10.